The third-order valence-electron chi connectivity index (χ3n) is 1.52. The van der Waals surface area contributed by atoms with E-state index in [2.05, 4.69) is 18.8 Å². The average Bonchev–Trinajstić information content (AvgIpc) is 2.16. The summed E-state index contributed by atoms with van der Waals surface area (Å²) in [5.74, 6) is -3.12. The summed E-state index contributed by atoms with van der Waals surface area (Å²) in [5, 5.41) is 8.78. The molecule has 0 aromatic rings. The number of carbonyl (C=O) groups is 2. The highest BCUT2D eigenvalue weighted by Crippen LogP contribution is 2.11. The van der Waals surface area contributed by atoms with Crippen molar-refractivity contribution in [3.8, 4) is 0 Å². The normalized spacial score (nSPS) is 10.5. The van der Waals surface area contributed by atoms with Crippen molar-refractivity contribution in [2.45, 2.75) is 19.0 Å². The lowest BCUT2D eigenvalue weighted by atomic mass is 10.3. The molecule has 0 unspecified atom stereocenters. The maximum Gasteiger partial charge on any atom is 0.430 e. The highest BCUT2D eigenvalue weighted by atomic mass is 19.4. The van der Waals surface area contributed by atoms with E-state index < -0.39 is 12.1 Å². The van der Waals surface area contributed by atoms with Crippen LogP contribution >= 0.6 is 0 Å². The van der Waals surface area contributed by atoms with Gasteiger partial charge in [0.15, 0.2) is 0 Å². The number of hydrogen-bond acceptors (Lipinski definition) is 4. The molecule has 0 aromatic carbocycles. The van der Waals surface area contributed by atoms with Gasteiger partial charge in [-0.3, -0.25) is 4.79 Å². The lowest BCUT2D eigenvalue weighted by Gasteiger charge is -2.04. The molecule has 8 heteroatoms. The van der Waals surface area contributed by atoms with E-state index in [4.69, 9.17) is 9.90 Å². The monoisotopic (exact) mass is 259 g/mol. The number of rotatable bonds is 4. The average molecular weight is 259 g/mol. The molecule has 0 saturated heterocycles. The first-order chi connectivity index (χ1) is 7.61. The number of carboxylic acid groups (broad SMARTS) is 1. The SMILES string of the molecule is COC(=O)CCC[NH+](C)C.O=C([O-])C(F)(F)F. The summed E-state index contributed by atoms with van der Waals surface area (Å²) >= 11 is 0. The van der Waals surface area contributed by atoms with Crippen molar-refractivity contribution in [3.05, 3.63) is 0 Å². The van der Waals surface area contributed by atoms with Gasteiger partial charge in [-0.25, -0.2) is 0 Å². The van der Waals surface area contributed by atoms with E-state index in [-0.39, 0.29) is 5.97 Å². The number of carboxylic acids is 1. The van der Waals surface area contributed by atoms with Crippen molar-refractivity contribution < 1.29 is 37.5 Å². The van der Waals surface area contributed by atoms with Crippen molar-refractivity contribution in [2.24, 2.45) is 0 Å². The summed E-state index contributed by atoms with van der Waals surface area (Å²) in [6.07, 6.45) is -3.74. The Morgan fingerprint density at radius 3 is 1.94 bits per heavy atom. The number of alkyl halides is 3. The molecule has 0 amide bonds. The summed E-state index contributed by atoms with van der Waals surface area (Å²) in [6, 6.07) is 0. The molecule has 0 aromatic heterocycles. The number of aliphatic carboxylic acids is 1. The maximum atomic E-state index is 10.6. The molecule has 0 aliphatic carbocycles. The molecule has 0 fully saturated rings. The molecule has 17 heavy (non-hydrogen) atoms. The van der Waals surface area contributed by atoms with Gasteiger partial charge in [0, 0.05) is 6.42 Å². The smallest absolute Gasteiger partial charge is 0.430 e. The van der Waals surface area contributed by atoms with Crippen LogP contribution in [0.1, 0.15) is 12.8 Å². The molecule has 0 saturated carbocycles. The van der Waals surface area contributed by atoms with Crippen LogP contribution in [0.25, 0.3) is 0 Å². The van der Waals surface area contributed by atoms with E-state index >= 15 is 0 Å². The molecular weight excluding hydrogens is 243 g/mol. The third kappa shape index (κ3) is 14.7. The van der Waals surface area contributed by atoms with E-state index in [9.17, 15) is 18.0 Å². The predicted molar refractivity (Wildman–Crippen MR) is 50.0 cm³/mol. The van der Waals surface area contributed by atoms with Gasteiger partial charge < -0.3 is 19.5 Å². The van der Waals surface area contributed by atoms with E-state index in [1.807, 2.05) is 0 Å². The highest BCUT2D eigenvalue weighted by Gasteiger charge is 2.28. The van der Waals surface area contributed by atoms with E-state index in [1.165, 1.54) is 12.0 Å². The number of halogens is 3. The summed E-state index contributed by atoms with van der Waals surface area (Å²) in [7, 11) is 5.55. The molecular formula is C9H16F3NO4. The van der Waals surface area contributed by atoms with Crippen LogP contribution in [0.5, 0.6) is 0 Å². The quantitative estimate of drug-likeness (QED) is 0.616. The zero-order valence-electron chi connectivity index (χ0n) is 9.89. The lowest BCUT2D eigenvalue weighted by Crippen LogP contribution is -3.05. The van der Waals surface area contributed by atoms with Crippen molar-refractivity contribution in [3.63, 3.8) is 0 Å². The minimum Gasteiger partial charge on any atom is -0.542 e. The van der Waals surface area contributed by atoms with Crippen LogP contribution in [-0.4, -0.2) is 45.9 Å². The Kier molecular flexibility index (Phi) is 9.35. The number of nitrogens with one attached hydrogen (secondary N) is 1. The zero-order valence-corrected chi connectivity index (χ0v) is 9.89. The van der Waals surface area contributed by atoms with Gasteiger partial charge in [0.1, 0.15) is 5.97 Å². The summed E-state index contributed by atoms with van der Waals surface area (Å²) in [4.78, 5) is 20.7. The second-order valence-corrected chi connectivity index (χ2v) is 3.42. The largest absolute Gasteiger partial charge is 0.542 e. The van der Waals surface area contributed by atoms with Crippen LogP contribution in [-0.2, 0) is 14.3 Å². The van der Waals surface area contributed by atoms with Gasteiger partial charge in [-0.1, -0.05) is 0 Å². The lowest BCUT2D eigenvalue weighted by molar-refractivity contribution is -0.858. The van der Waals surface area contributed by atoms with Crippen molar-refractivity contribution in [2.75, 3.05) is 27.7 Å². The summed E-state index contributed by atoms with van der Waals surface area (Å²) < 4.78 is 36.0. The number of esters is 1. The van der Waals surface area contributed by atoms with E-state index in [0.717, 1.165) is 13.0 Å². The molecule has 0 radical (unpaired) electrons. The molecule has 102 valence electrons. The van der Waals surface area contributed by atoms with Crippen LogP contribution in [0, 0.1) is 0 Å². The van der Waals surface area contributed by atoms with E-state index in [0.29, 0.717) is 6.42 Å². The van der Waals surface area contributed by atoms with Gasteiger partial charge >= 0.3 is 12.1 Å². The van der Waals surface area contributed by atoms with Crippen molar-refractivity contribution in [1.29, 1.82) is 0 Å². The minimum atomic E-state index is -5.19. The minimum absolute atomic E-state index is 0.110. The van der Waals surface area contributed by atoms with Crippen molar-refractivity contribution in [1.82, 2.24) is 0 Å². The molecule has 0 atom stereocenters. The first-order valence-corrected chi connectivity index (χ1v) is 4.75. The van der Waals surface area contributed by atoms with E-state index in [1.54, 1.807) is 0 Å². The first kappa shape index (κ1) is 18.1. The van der Waals surface area contributed by atoms with Gasteiger partial charge in [-0.2, -0.15) is 13.2 Å². The Labute approximate surface area is 97.2 Å². The van der Waals surface area contributed by atoms with Crippen LogP contribution in [0.3, 0.4) is 0 Å². The molecule has 0 spiro atoms. The predicted octanol–water partition coefficient (Wildman–Crippen LogP) is -1.62. The number of methoxy groups -OCH3 is 1. The second-order valence-electron chi connectivity index (χ2n) is 3.42. The fourth-order valence-corrected chi connectivity index (χ4v) is 0.688. The Hall–Kier alpha value is -1.31. The molecule has 0 bridgehead atoms. The van der Waals surface area contributed by atoms with Crippen LogP contribution in [0.2, 0.25) is 0 Å². The number of carbonyl (C=O) groups excluding carboxylic acids is 2. The topological polar surface area (TPSA) is 70.9 Å². The van der Waals surface area contributed by atoms with Crippen LogP contribution < -0.4 is 10.0 Å². The Morgan fingerprint density at radius 1 is 1.29 bits per heavy atom. The number of hydrogen-bond donors (Lipinski definition) is 1. The second kappa shape index (κ2) is 8.80. The first-order valence-electron chi connectivity index (χ1n) is 4.75. The Morgan fingerprint density at radius 2 is 1.71 bits per heavy atom. The fraction of sp³-hybridized carbons (Fsp3) is 0.778. The fourth-order valence-electron chi connectivity index (χ4n) is 0.688. The molecule has 0 aliphatic rings. The van der Waals surface area contributed by atoms with Crippen molar-refractivity contribution >= 4 is 11.9 Å². The van der Waals surface area contributed by atoms with Gasteiger partial charge in [0.25, 0.3) is 0 Å². The molecule has 1 N–H and O–H groups in total. The molecule has 5 nitrogen and oxygen atoms in total. The summed E-state index contributed by atoms with van der Waals surface area (Å²) in [5.41, 5.74) is 0. The maximum absolute atomic E-state index is 10.6. The molecule has 0 aliphatic heterocycles. The third-order valence-corrected chi connectivity index (χ3v) is 1.52. The van der Waals surface area contributed by atoms with Gasteiger partial charge in [-0.05, 0) is 0 Å². The van der Waals surface area contributed by atoms with Crippen LogP contribution in [0.4, 0.5) is 13.2 Å². The van der Waals surface area contributed by atoms with Gasteiger partial charge in [0.05, 0.1) is 34.2 Å². The highest BCUT2D eigenvalue weighted by molar-refractivity contribution is 5.70. The Balaban J connectivity index is 0. The Bertz CT molecular complexity index is 241. The number of quaternary nitrogens is 1. The van der Waals surface area contributed by atoms with Gasteiger partial charge in [-0.15, -0.1) is 0 Å². The van der Waals surface area contributed by atoms with Crippen LogP contribution in [0.15, 0.2) is 0 Å². The molecule has 0 heterocycles. The molecule has 0 rings (SSSR count). The van der Waals surface area contributed by atoms with Gasteiger partial charge in [0.2, 0.25) is 0 Å². The zero-order chi connectivity index (χ0) is 14.1. The summed E-state index contributed by atoms with van der Waals surface area (Å²) in [6.45, 7) is 1.02. The standard InChI is InChI=1S/C7H15NO2.C2HF3O2/c1-8(2)6-4-5-7(9)10-3;3-2(4,5)1(6)7/h4-6H2,1-3H3;(H,6,7). The number of ether oxygens (including phenoxy) is 1.